The van der Waals surface area contributed by atoms with Crippen LogP contribution in [0.5, 0.6) is 0 Å². The second-order valence-corrected chi connectivity index (χ2v) is 13.5. The first kappa shape index (κ1) is 31.7. The molecule has 0 aliphatic carbocycles. The van der Waals surface area contributed by atoms with Gasteiger partial charge in [0.15, 0.2) is 0 Å². The Labute approximate surface area is 257 Å². The van der Waals surface area contributed by atoms with Crippen molar-refractivity contribution < 1.29 is 26.8 Å². The van der Waals surface area contributed by atoms with Gasteiger partial charge in [0.25, 0.3) is 0 Å². The Hall–Kier alpha value is -3.67. The second kappa shape index (κ2) is 12.7. The molecule has 3 aromatic carbocycles. The molecule has 11 heteroatoms. The average molecular weight is 625 g/mol. The molecule has 2 aliphatic rings. The lowest BCUT2D eigenvalue weighted by Gasteiger charge is -2.40. The van der Waals surface area contributed by atoms with Crippen molar-refractivity contribution in [3.05, 3.63) is 99.6 Å². The fraction of sp³-hybridized carbons (Fsp3) is 0.394. The van der Waals surface area contributed by atoms with Crippen LogP contribution in [0.4, 0.5) is 8.78 Å². The van der Waals surface area contributed by atoms with Crippen LogP contribution in [0.3, 0.4) is 0 Å². The van der Waals surface area contributed by atoms with Crippen molar-refractivity contribution in [2.75, 3.05) is 52.4 Å². The molecule has 0 spiro atoms. The van der Waals surface area contributed by atoms with Gasteiger partial charge in [-0.2, -0.15) is 4.31 Å². The van der Waals surface area contributed by atoms with Gasteiger partial charge in [-0.25, -0.2) is 17.2 Å². The zero-order chi connectivity index (χ0) is 31.8. The van der Waals surface area contributed by atoms with Crippen molar-refractivity contribution in [3.63, 3.8) is 0 Å². The summed E-state index contributed by atoms with van der Waals surface area (Å²) >= 11 is 0. The number of carbonyl (C=O) groups excluding carboxylic acids is 2. The Bertz CT molecular complexity index is 1570. The van der Waals surface area contributed by atoms with E-state index >= 15 is 0 Å². The van der Waals surface area contributed by atoms with Crippen LogP contribution in [0.15, 0.2) is 59.5 Å². The summed E-state index contributed by atoms with van der Waals surface area (Å²) in [5.74, 6) is -1.95. The smallest absolute Gasteiger partial charge is 0.312 e. The van der Waals surface area contributed by atoms with Gasteiger partial charge in [-0.3, -0.25) is 14.5 Å². The Morgan fingerprint density at radius 1 is 0.636 bits per heavy atom. The summed E-state index contributed by atoms with van der Waals surface area (Å²) in [6, 6.07) is 14.1. The van der Waals surface area contributed by atoms with Gasteiger partial charge in [0, 0.05) is 52.4 Å². The Kier molecular flexibility index (Phi) is 9.20. The van der Waals surface area contributed by atoms with Gasteiger partial charge in [0.05, 0.1) is 10.9 Å². The van der Waals surface area contributed by atoms with E-state index in [1.165, 1.54) is 38.4 Å². The van der Waals surface area contributed by atoms with Crippen molar-refractivity contribution in [2.45, 2.75) is 38.6 Å². The number of sulfonamides is 1. The fourth-order valence-corrected chi connectivity index (χ4v) is 8.18. The molecule has 0 saturated carbocycles. The summed E-state index contributed by atoms with van der Waals surface area (Å²) in [5, 5.41) is 0. The highest BCUT2D eigenvalue weighted by atomic mass is 32.2. The van der Waals surface area contributed by atoms with Gasteiger partial charge in [0.2, 0.25) is 10.0 Å². The molecule has 2 amide bonds. The summed E-state index contributed by atoms with van der Waals surface area (Å²) < 4.78 is 56.0. The molecule has 0 bridgehead atoms. The van der Waals surface area contributed by atoms with Gasteiger partial charge in [0.1, 0.15) is 11.6 Å². The zero-order valence-corrected chi connectivity index (χ0v) is 26.3. The topological polar surface area (TPSA) is 81.2 Å². The average Bonchev–Trinajstić information content (AvgIpc) is 3.02. The van der Waals surface area contributed by atoms with E-state index in [4.69, 9.17) is 0 Å². The SMILES string of the molecule is Cc1cc(C)c(C)c(S(=O)(=O)N2CCN(C(=O)C(=O)N3CCN(C(c4ccc(F)cc4)c4ccc(F)cc4)CC3)CC2)c1C. The monoisotopic (exact) mass is 624 g/mol. The van der Waals surface area contributed by atoms with Crippen LogP contribution >= 0.6 is 0 Å². The molecule has 8 nitrogen and oxygen atoms in total. The number of piperazine rings is 2. The summed E-state index contributed by atoms with van der Waals surface area (Å²) in [7, 11) is -3.77. The third-order valence-corrected chi connectivity index (χ3v) is 11.1. The van der Waals surface area contributed by atoms with Crippen molar-refractivity contribution in [1.82, 2.24) is 19.0 Å². The van der Waals surface area contributed by atoms with E-state index in [1.807, 2.05) is 33.8 Å². The summed E-state index contributed by atoms with van der Waals surface area (Å²) in [5.41, 5.74) is 4.95. The van der Waals surface area contributed by atoms with Crippen LogP contribution in [0.2, 0.25) is 0 Å². The van der Waals surface area contributed by atoms with Crippen molar-refractivity contribution in [3.8, 4) is 0 Å². The molecule has 0 radical (unpaired) electrons. The minimum Gasteiger partial charge on any atom is -0.332 e. The molecule has 234 valence electrons. The van der Waals surface area contributed by atoms with E-state index in [2.05, 4.69) is 4.90 Å². The van der Waals surface area contributed by atoms with E-state index in [1.54, 1.807) is 24.3 Å². The van der Waals surface area contributed by atoms with Gasteiger partial charge in [-0.15, -0.1) is 0 Å². The molecule has 0 atom stereocenters. The van der Waals surface area contributed by atoms with E-state index in [0.29, 0.717) is 31.1 Å². The van der Waals surface area contributed by atoms with Crippen LogP contribution in [0, 0.1) is 39.3 Å². The van der Waals surface area contributed by atoms with E-state index < -0.39 is 21.8 Å². The summed E-state index contributed by atoms with van der Waals surface area (Å²) in [4.78, 5) is 31.9. The molecule has 2 fully saturated rings. The molecule has 5 rings (SSSR count). The molecule has 2 aliphatic heterocycles. The van der Waals surface area contributed by atoms with Crippen molar-refractivity contribution >= 4 is 21.8 Å². The Morgan fingerprint density at radius 2 is 1.02 bits per heavy atom. The van der Waals surface area contributed by atoms with E-state index in [9.17, 15) is 26.8 Å². The normalized spacial score (nSPS) is 16.9. The van der Waals surface area contributed by atoms with Crippen molar-refractivity contribution in [2.24, 2.45) is 0 Å². The number of aryl methyl sites for hydroxylation is 2. The number of halogens is 2. The number of rotatable bonds is 5. The first-order valence-corrected chi connectivity index (χ1v) is 16.2. The van der Waals surface area contributed by atoms with Gasteiger partial charge >= 0.3 is 11.8 Å². The van der Waals surface area contributed by atoms with Crippen LogP contribution in [-0.4, -0.2) is 91.6 Å². The molecular weight excluding hydrogens is 586 g/mol. The quantitative estimate of drug-likeness (QED) is 0.402. The van der Waals surface area contributed by atoms with Crippen molar-refractivity contribution in [1.29, 1.82) is 0 Å². The highest BCUT2D eigenvalue weighted by Gasteiger charge is 2.37. The number of hydrogen-bond acceptors (Lipinski definition) is 5. The maximum atomic E-state index is 13.7. The van der Waals surface area contributed by atoms with E-state index in [-0.39, 0.29) is 43.9 Å². The molecule has 44 heavy (non-hydrogen) atoms. The highest BCUT2D eigenvalue weighted by molar-refractivity contribution is 7.89. The number of nitrogens with zero attached hydrogens (tertiary/aromatic N) is 4. The molecule has 2 heterocycles. The number of hydrogen-bond donors (Lipinski definition) is 0. The first-order chi connectivity index (χ1) is 20.9. The third-order valence-electron chi connectivity index (χ3n) is 8.94. The fourth-order valence-electron chi connectivity index (χ4n) is 6.19. The lowest BCUT2D eigenvalue weighted by atomic mass is 9.96. The minimum atomic E-state index is -3.77. The Morgan fingerprint density at radius 3 is 1.43 bits per heavy atom. The highest BCUT2D eigenvalue weighted by Crippen LogP contribution is 2.31. The third kappa shape index (κ3) is 6.27. The first-order valence-electron chi connectivity index (χ1n) is 14.8. The number of amides is 2. The Balaban J connectivity index is 1.22. The largest absolute Gasteiger partial charge is 0.332 e. The molecule has 2 saturated heterocycles. The molecule has 0 aromatic heterocycles. The summed E-state index contributed by atoms with van der Waals surface area (Å²) in [6.07, 6.45) is 0. The predicted molar refractivity (Wildman–Crippen MR) is 164 cm³/mol. The maximum Gasteiger partial charge on any atom is 0.312 e. The van der Waals surface area contributed by atoms with Gasteiger partial charge < -0.3 is 9.80 Å². The van der Waals surface area contributed by atoms with Gasteiger partial charge in [-0.1, -0.05) is 30.3 Å². The standard InChI is InChI=1S/C33H38F2N4O4S/c1-22-21-23(2)25(4)31(24(22)3)44(42,43)39-19-17-38(18-20-39)33(41)32(40)37-15-13-36(14-16-37)30(26-5-9-28(34)10-6-26)27-7-11-29(35)12-8-27/h5-12,21,30H,13-20H2,1-4H3. The van der Waals surface area contributed by atoms with E-state index in [0.717, 1.165) is 33.4 Å². The number of carbonyl (C=O) groups is 2. The molecule has 3 aromatic rings. The lowest BCUT2D eigenvalue weighted by molar-refractivity contribution is -0.153. The van der Waals surface area contributed by atoms with Crippen LogP contribution in [0.1, 0.15) is 39.4 Å². The minimum absolute atomic E-state index is 0.109. The zero-order valence-electron chi connectivity index (χ0n) is 25.5. The molecular formula is C33H38F2N4O4S. The molecule has 0 unspecified atom stereocenters. The summed E-state index contributed by atoms with van der Waals surface area (Å²) in [6.45, 7) is 9.43. The predicted octanol–water partition coefficient (Wildman–Crippen LogP) is 3.97. The second-order valence-electron chi connectivity index (χ2n) is 11.6. The number of benzene rings is 3. The molecule has 0 N–H and O–H groups in total. The van der Waals surface area contributed by atoms with Crippen LogP contribution in [0.25, 0.3) is 0 Å². The lowest BCUT2D eigenvalue weighted by Crippen LogP contribution is -2.57. The van der Waals surface area contributed by atoms with Crippen LogP contribution < -0.4 is 0 Å². The maximum absolute atomic E-state index is 13.7. The van der Waals surface area contributed by atoms with Crippen LogP contribution in [-0.2, 0) is 19.6 Å². The van der Waals surface area contributed by atoms with Gasteiger partial charge in [-0.05, 0) is 85.3 Å².